The van der Waals surface area contributed by atoms with Gasteiger partial charge in [0.15, 0.2) is 0 Å². The lowest BCUT2D eigenvalue weighted by molar-refractivity contribution is 0.604. The molecule has 0 rings (SSSR count). The summed E-state index contributed by atoms with van der Waals surface area (Å²) >= 11 is 0. The average Bonchev–Trinajstić information content (AvgIpc) is 1.85. The van der Waals surface area contributed by atoms with Gasteiger partial charge in [-0.25, -0.2) is 13.6 Å². The summed E-state index contributed by atoms with van der Waals surface area (Å²) in [4.78, 5) is -0.0488. The molecule has 0 aliphatic heterocycles. The predicted molar refractivity (Wildman–Crippen MR) is 50.9 cm³/mol. The molecule has 0 aromatic carbocycles. The van der Waals surface area contributed by atoms with E-state index < -0.39 is 10.0 Å². The number of allylic oxidation sites excluding steroid dienone is 4. The summed E-state index contributed by atoms with van der Waals surface area (Å²) in [6.45, 7) is 4.95. The van der Waals surface area contributed by atoms with E-state index >= 15 is 0 Å². The molecule has 2 radical (unpaired) electrons. The van der Waals surface area contributed by atoms with Crippen LogP contribution in [0.15, 0.2) is 35.2 Å². The molecule has 64 valence electrons. The molecule has 0 aliphatic rings. The molecule has 12 heavy (non-hydrogen) atoms. The average molecular weight is 183 g/mol. The monoisotopic (exact) mass is 183 g/mol. The molecule has 0 saturated heterocycles. The summed E-state index contributed by atoms with van der Waals surface area (Å²) in [6.07, 6.45) is 3.91. The van der Waals surface area contributed by atoms with Gasteiger partial charge in [-0.05, 0) is 12.2 Å². The molecule has 0 saturated carbocycles. The maximum atomic E-state index is 10.7. The van der Waals surface area contributed by atoms with Gasteiger partial charge in [-0.1, -0.05) is 19.6 Å². The summed E-state index contributed by atoms with van der Waals surface area (Å²) in [5.74, 6) is 0. The number of nitrogens with two attached hydrogens (primary N) is 1. The highest BCUT2D eigenvalue weighted by Crippen LogP contribution is 2.03. The fraction of sp³-hybridized carbons (Fsp3) is 0.143. The van der Waals surface area contributed by atoms with E-state index in [1.165, 1.54) is 12.2 Å². The number of rotatable bonds is 3. The van der Waals surface area contributed by atoms with Crippen LogP contribution >= 0.6 is 0 Å². The fourth-order valence-electron chi connectivity index (χ4n) is 0.493. The molecule has 0 aliphatic carbocycles. The fourth-order valence-corrected chi connectivity index (χ4v) is 0.983. The Kier molecular flexibility index (Phi) is 3.99. The van der Waals surface area contributed by atoms with Gasteiger partial charge in [0.1, 0.15) is 7.85 Å². The van der Waals surface area contributed by atoms with Crippen molar-refractivity contribution >= 4 is 17.9 Å². The molecule has 0 atom stereocenters. The van der Waals surface area contributed by atoms with Crippen molar-refractivity contribution in [3.05, 3.63) is 35.2 Å². The van der Waals surface area contributed by atoms with Crippen LogP contribution in [0, 0.1) is 0 Å². The predicted octanol–water partition coefficient (Wildman–Crippen LogP) is 0.417. The smallest absolute Gasteiger partial charge is 0.225 e. The molecule has 0 heterocycles. The molecule has 2 N–H and O–H groups in total. The topological polar surface area (TPSA) is 60.2 Å². The Hall–Kier alpha value is -0.805. The molecular formula is C7H10BNO2S. The van der Waals surface area contributed by atoms with Crippen molar-refractivity contribution in [2.45, 2.75) is 6.92 Å². The van der Waals surface area contributed by atoms with Crippen LogP contribution in [-0.2, 0) is 10.0 Å². The molecule has 0 bridgehead atoms. The van der Waals surface area contributed by atoms with Crippen molar-refractivity contribution in [2.24, 2.45) is 5.14 Å². The number of hydrogen-bond donors (Lipinski definition) is 1. The number of primary sulfonamides is 1. The zero-order chi connectivity index (χ0) is 9.78. The van der Waals surface area contributed by atoms with Crippen molar-refractivity contribution in [2.75, 3.05) is 0 Å². The van der Waals surface area contributed by atoms with Gasteiger partial charge in [-0.3, -0.25) is 0 Å². The summed E-state index contributed by atoms with van der Waals surface area (Å²) in [7, 11) is 1.62. The lowest BCUT2D eigenvalue weighted by Crippen LogP contribution is -2.12. The minimum absolute atomic E-state index is 0.0488. The molecule has 0 unspecified atom stereocenters. The molecular weight excluding hydrogens is 173 g/mol. The second-order valence-corrected chi connectivity index (χ2v) is 3.79. The van der Waals surface area contributed by atoms with Gasteiger partial charge in [-0.2, -0.15) is 0 Å². The maximum absolute atomic E-state index is 10.7. The maximum Gasteiger partial charge on any atom is 0.238 e. The van der Waals surface area contributed by atoms with Crippen LogP contribution in [0.3, 0.4) is 0 Å². The first-order valence-corrected chi connectivity index (χ1v) is 4.72. The van der Waals surface area contributed by atoms with E-state index in [2.05, 4.69) is 6.58 Å². The van der Waals surface area contributed by atoms with Gasteiger partial charge in [0.2, 0.25) is 10.0 Å². The van der Waals surface area contributed by atoms with E-state index in [9.17, 15) is 8.42 Å². The van der Waals surface area contributed by atoms with E-state index in [1.54, 1.807) is 6.92 Å². The van der Waals surface area contributed by atoms with Gasteiger partial charge in [-0.15, -0.1) is 5.47 Å². The Balaban J connectivity index is 4.95. The quantitative estimate of drug-likeness (QED) is 0.509. The van der Waals surface area contributed by atoms with Crippen molar-refractivity contribution in [3.8, 4) is 0 Å². The second kappa shape index (κ2) is 4.28. The van der Waals surface area contributed by atoms with Crippen LogP contribution in [0.2, 0.25) is 0 Å². The molecule has 5 heteroatoms. The third-order valence-corrected chi connectivity index (χ3v) is 2.00. The van der Waals surface area contributed by atoms with E-state index in [-0.39, 0.29) is 4.91 Å². The second-order valence-electron chi connectivity index (χ2n) is 2.23. The minimum Gasteiger partial charge on any atom is -0.225 e. The van der Waals surface area contributed by atoms with Crippen molar-refractivity contribution in [1.82, 2.24) is 0 Å². The van der Waals surface area contributed by atoms with Gasteiger partial charge in [0.25, 0.3) is 0 Å². The van der Waals surface area contributed by atoms with Crippen molar-refractivity contribution in [3.63, 3.8) is 0 Å². The van der Waals surface area contributed by atoms with E-state index in [1.807, 2.05) is 0 Å². The third-order valence-electron chi connectivity index (χ3n) is 1.04. The molecule has 0 aromatic heterocycles. The SMILES string of the molecule is [B]/C(C)=C/C=C(\C=C)S(N)(=O)=O. The Labute approximate surface area is 74.1 Å². The molecule has 0 aromatic rings. The normalized spacial score (nSPS) is 14.5. The number of sulfonamides is 1. The first-order valence-electron chi connectivity index (χ1n) is 3.17. The lowest BCUT2D eigenvalue weighted by atomic mass is 9.98. The summed E-state index contributed by atoms with van der Waals surface area (Å²) < 4.78 is 21.5. The summed E-state index contributed by atoms with van der Waals surface area (Å²) in [5, 5.41) is 4.84. The zero-order valence-electron chi connectivity index (χ0n) is 6.82. The van der Waals surface area contributed by atoms with Gasteiger partial charge in [0.05, 0.1) is 4.91 Å². The first kappa shape index (κ1) is 11.2. The Morgan fingerprint density at radius 1 is 1.50 bits per heavy atom. The lowest BCUT2D eigenvalue weighted by Gasteiger charge is -1.95. The highest BCUT2D eigenvalue weighted by molar-refractivity contribution is 7.93. The third kappa shape index (κ3) is 4.15. The Bertz CT molecular complexity index is 323. The molecule has 0 fully saturated rings. The van der Waals surface area contributed by atoms with Crippen LogP contribution in [0.25, 0.3) is 0 Å². The Morgan fingerprint density at radius 2 is 2.00 bits per heavy atom. The van der Waals surface area contributed by atoms with Crippen LogP contribution in [0.4, 0.5) is 0 Å². The minimum atomic E-state index is -3.67. The highest BCUT2D eigenvalue weighted by Gasteiger charge is 2.05. The van der Waals surface area contributed by atoms with Crippen LogP contribution in [0.1, 0.15) is 6.92 Å². The Morgan fingerprint density at radius 3 is 2.25 bits per heavy atom. The molecule has 0 amide bonds. The van der Waals surface area contributed by atoms with Gasteiger partial charge in [0, 0.05) is 0 Å². The van der Waals surface area contributed by atoms with Gasteiger partial charge < -0.3 is 0 Å². The van der Waals surface area contributed by atoms with Crippen LogP contribution < -0.4 is 5.14 Å². The van der Waals surface area contributed by atoms with E-state index in [0.717, 1.165) is 6.08 Å². The number of hydrogen-bond acceptors (Lipinski definition) is 2. The molecule has 3 nitrogen and oxygen atoms in total. The summed E-state index contributed by atoms with van der Waals surface area (Å²) in [6, 6.07) is 0. The van der Waals surface area contributed by atoms with Crippen molar-refractivity contribution in [1.29, 1.82) is 0 Å². The largest absolute Gasteiger partial charge is 0.238 e. The van der Waals surface area contributed by atoms with Gasteiger partial charge >= 0.3 is 0 Å². The van der Waals surface area contributed by atoms with E-state index in [0.29, 0.717) is 5.47 Å². The van der Waals surface area contributed by atoms with Crippen molar-refractivity contribution < 1.29 is 8.42 Å². The first-order chi connectivity index (χ1) is 5.38. The molecule has 0 spiro atoms. The van der Waals surface area contributed by atoms with Crippen LogP contribution in [0.5, 0.6) is 0 Å². The standard InChI is InChI=1S/C7H10BNO2S/c1-3-7(12(9,10)11)5-4-6(2)8/h3-5H,1H2,2H3,(H2,9,10,11)/b6-4+,7-5+. The summed E-state index contributed by atoms with van der Waals surface area (Å²) in [5.41, 5.74) is 0.498. The zero-order valence-corrected chi connectivity index (χ0v) is 7.64. The highest BCUT2D eigenvalue weighted by atomic mass is 32.2. The van der Waals surface area contributed by atoms with E-state index in [4.69, 9.17) is 13.0 Å². The van der Waals surface area contributed by atoms with Crippen LogP contribution in [-0.4, -0.2) is 16.3 Å².